The van der Waals surface area contributed by atoms with E-state index in [1.54, 1.807) is 18.4 Å². The highest BCUT2D eigenvalue weighted by atomic mass is 127. The van der Waals surface area contributed by atoms with Gasteiger partial charge in [-0.1, -0.05) is 12.1 Å². The van der Waals surface area contributed by atoms with Crippen molar-refractivity contribution < 1.29 is 4.74 Å². The molecule has 0 aliphatic carbocycles. The van der Waals surface area contributed by atoms with Crippen molar-refractivity contribution in [3.8, 4) is 0 Å². The molecule has 1 fully saturated rings. The first-order chi connectivity index (χ1) is 11.3. The molecule has 1 aromatic carbocycles. The van der Waals surface area contributed by atoms with Gasteiger partial charge >= 0.3 is 0 Å². The lowest BCUT2D eigenvalue weighted by Crippen LogP contribution is -2.41. The van der Waals surface area contributed by atoms with E-state index in [4.69, 9.17) is 4.74 Å². The van der Waals surface area contributed by atoms with Crippen LogP contribution in [0.2, 0.25) is 0 Å². The maximum absolute atomic E-state index is 5.61. The third-order valence-corrected chi connectivity index (χ3v) is 5.04. The Morgan fingerprint density at radius 3 is 3.00 bits per heavy atom. The van der Waals surface area contributed by atoms with Crippen LogP contribution in [-0.2, 0) is 11.2 Å². The summed E-state index contributed by atoms with van der Waals surface area (Å²) in [6.07, 6.45) is 4.67. The molecule has 0 bridgehead atoms. The predicted octanol–water partition coefficient (Wildman–Crippen LogP) is 3.19. The molecule has 0 spiro atoms. The fourth-order valence-corrected chi connectivity index (χ4v) is 3.72. The Bertz CT molecular complexity index is 622. The fraction of sp³-hybridized carbons (Fsp3) is 0.529. The van der Waals surface area contributed by atoms with E-state index in [1.807, 2.05) is 6.07 Å². The van der Waals surface area contributed by atoms with E-state index in [9.17, 15) is 0 Å². The lowest BCUT2D eigenvalue weighted by atomic mass is 10.2. The van der Waals surface area contributed by atoms with Gasteiger partial charge in [-0.15, -0.1) is 35.3 Å². The van der Waals surface area contributed by atoms with E-state index in [-0.39, 0.29) is 24.0 Å². The summed E-state index contributed by atoms with van der Waals surface area (Å²) in [5, 5.41) is 7.89. The highest BCUT2D eigenvalue weighted by molar-refractivity contribution is 14.0. The summed E-state index contributed by atoms with van der Waals surface area (Å²) in [7, 11) is 1.80. The summed E-state index contributed by atoms with van der Waals surface area (Å²) in [6, 6.07) is 8.31. The summed E-state index contributed by atoms with van der Waals surface area (Å²) in [5.74, 6) is 0.852. The van der Waals surface area contributed by atoms with Crippen LogP contribution in [0.25, 0.3) is 10.2 Å². The maximum atomic E-state index is 5.61. The Labute approximate surface area is 164 Å². The van der Waals surface area contributed by atoms with Crippen molar-refractivity contribution in [1.29, 1.82) is 0 Å². The number of thiazole rings is 1. The summed E-state index contributed by atoms with van der Waals surface area (Å²) >= 11 is 1.79. The van der Waals surface area contributed by atoms with Crippen molar-refractivity contribution in [1.82, 2.24) is 15.6 Å². The van der Waals surface area contributed by atoms with Crippen LogP contribution in [0.5, 0.6) is 0 Å². The normalized spacial score (nSPS) is 17.7. The van der Waals surface area contributed by atoms with Crippen LogP contribution >= 0.6 is 35.3 Å². The minimum Gasteiger partial charge on any atom is -0.376 e. The topological polar surface area (TPSA) is 58.5 Å². The number of nitrogens with zero attached hydrogens (tertiary/aromatic N) is 2. The Hall–Kier alpha value is -0.930. The van der Waals surface area contributed by atoms with Crippen LogP contribution in [0.15, 0.2) is 29.3 Å². The molecule has 1 saturated heterocycles. The number of guanidine groups is 1. The van der Waals surface area contributed by atoms with Crippen molar-refractivity contribution in [2.24, 2.45) is 4.99 Å². The number of nitrogens with one attached hydrogen (secondary N) is 2. The molecule has 24 heavy (non-hydrogen) atoms. The van der Waals surface area contributed by atoms with Crippen molar-refractivity contribution >= 4 is 51.5 Å². The molecular formula is C17H25IN4OS. The van der Waals surface area contributed by atoms with Gasteiger partial charge in [0, 0.05) is 33.2 Å². The molecule has 7 heteroatoms. The number of fused-ring (bicyclic) bond motifs is 1. The molecule has 1 aliphatic heterocycles. The highest BCUT2D eigenvalue weighted by Crippen LogP contribution is 2.22. The molecule has 0 saturated carbocycles. The average Bonchev–Trinajstić information content (AvgIpc) is 3.23. The standard InChI is InChI=1S/C17H24N4OS.HI/c1-18-17(20-12-13-6-5-11-22-13)19-10-4-9-16-21-14-7-2-3-8-15(14)23-16;/h2-3,7-8,13H,4-6,9-12H2,1H3,(H2,18,19,20);1H. The third kappa shape index (κ3) is 5.56. The van der Waals surface area contributed by atoms with Crippen LogP contribution in [-0.4, -0.2) is 43.8 Å². The van der Waals surface area contributed by atoms with E-state index in [0.717, 1.165) is 50.4 Å². The number of ether oxygens (including phenoxy) is 1. The van der Waals surface area contributed by atoms with Gasteiger partial charge < -0.3 is 15.4 Å². The van der Waals surface area contributed by atoms with E-state index < -0.39 is 0 Å². The monoisotopic (exact) mass is 460 g/mol. The smallest absolute Gasteiger partial charge is 0.191 e. The van der Waals surface area contributed by atoms with Gasteiger partial charge in [0.1, 0.15) is 0 Å². The zero-order valence-electron chi connectivity index (χ0n) is 14.0. The highest BCUT2D eigenvalue weighted by Gasteiger charge is 2.15. The van der Waals surface area contributed by atoms with Crippen LogP contribution in [0.3, 0.4) is 0 Å². The quantitative estimate of drug-likeness (QED) is 0.301. The zero-order valence-corrected chi connectivity index (χ0v) is 17.1. The van der Waals surface area contributed by atoms with Gasteiger partial charge in [-0.3, -0.25) is 4.99 Å². The SMILES string of the molecule is CN=C(NCCCc1nc2ccccc2s1)NCC1CCCO1.I. The number of para-hydroxylation sites is 1. The van der Waals surface area contributed by atoms with Crippen molar-refractivity contribution in [3.63, 3.8) is 0 Å². The van der Waals surface area contributed by atoms with Gasteiger partial charge in [0.25, 0.3) is 0 Å². The van der Waals surface area contributed by atoms with Crippen LogP contribution in [0, 0.1) is 0 Å². The van der Waals surface area contributed by atoms with Gasteiger partial charge in [0.05, 0.1) is 21.3 Å². The number of aliphatic imine (C=N–C) groups is 1. The van der Waals surface area contributed by atoms with Gasteiger partial charge in [-0.25, -0.2) is 4.98 Å². The molecular weight excluding hydrogens is 435 g/mol. The largest absolute Gasteiger partial charge is 0.376 e. The first-order valence-electron chi connectivity index (χ1n) is 8.26. The Kier molecular flexibility index (Phi) is 8.20. The number of benzene rings is 1. The second-order valence-corrected chi connectivity index (χ2v) is 6.81. The lowest BCUT2D eigenvalue weighted by Gasteiger charge is -2.14. The molecule has 2 heterocycles. The molecule has 1 atom stereocenters. The molecule has 1 unspecified atom stereocenters. The Morgan fingerprint density at radius 2 is 2.25 bits per heavy atom. The maximum Gasteiger partial charge on any atom is 0.191 e. The molecule has 3 rings (SSSR count). The number of aryl methyl sites for hydroxylation is 1. The van der Waals surface area contributed by atoms with E-state index >= 15 is 0 Å². The number of hydrogen-bond donors (Lipinski definition) is 2. The first-order valence-corrected chi connectivity index (χ1v) is 9.07. The van der Waals surface area contributed by atoms with E-state index in [1.165, 1.54) is 16.1 Å². The Morgan fingerprint density at radius 1 is 1.38 bits per heavy atom. The molecule has 0 amide bonds. The molecule has 5 nitrogen and oxygen atoms in total. The van der Waals surface area contributed by atoms with Gasteiger partial charge in [-0.2, -0.15) is 0 Å². The third-order valence-electron chi connectivity index (χ3n) is 3.94. The lowest BCUT2D eigenvalue weighted by molar-refractivity contribution is 0.114. The molecule has 0 radical (unpaired) electrons. The van der Waals surface area contributed by atoms with Crippen LogP contribution < -0.4 is 10.6 Å². The van der Waals surface area contributed by atoms with E-state index in [2.05, 4.69) is 38.8 Å². The van der Waals surface area contributed by atoms with Crippen molar-refractivity contribution in [2.75, 3.05) is 26.7 Å². The van der Waals surface area contributed by atoms with Crippen molar-refractivity contribution in [3.05, 3.63) is 29.3 Å². The second-order valence-electron chi connectivity index (χ2n) is 5.69. The van der Waals surface area contributed by atoms with Gasteiger partial charge in [0.15, 0.2) is 5.96 Å². The minimum atomic E-state index is 0. The first kappa shape index (κ1) is 19.4. The minimum absolute atomic E-state index is 0. The zero-order chi connectivity index (χ0) is 15.9. The molecule has 1 aromatic heterocycles. The van der Waals surface area contributed by atoms with Crippen molar-refractivity contribution in [2.45, 2.75) is 31.8 Å². The summed E-state index contributed by atoms with van der Waals surface area (Å²) < 4.78 is 6.88. The number of aromatic nitrogens is 1. The number of halogens is 1. The average molecular weight is 460 g/mol. The predicted molar refractivity (Wildman–Crippen MR) is 112 cm³/mol. The summed E-state index contributed by atoms with van der Waals surface area (Å²) in [5.41, 5.74) is 1.11. The molecule has 1 aliphatic rings. The summed E-state index contributed by atoms with van der Waals surface area (Å²) in [6.45, 7) is 2.61. The number of hydrogen-bond acceptors (Lipinski definition) is 4. The van der Waals surface area contributed by atoms with Crippen LogP contribution in [0.4, 0.5) is 0 Å². The summed E-state index contributed by atoms with van der Waals surface area (Å²) in [4.78, 5) is 8.92. The van der Waals surface area contributed by atoms with E-state index in [0.29, 0.717) is 6.10 Å². The van der Waals surface area contributed by atoms with Gasteiger partial charge in [-0.05, 0) is 31.4 Å². The fourth-order valence-electron chi connectivity index (χ4n) is 2.71. The Balaban J connectivity index is 0.00000208. The van der Waals surface area contributed by atoms with Gasteiger partial charge in [0.2, 0.25) is 0 Å². The molecule has 2 aromatic rings. The second kappa shape index (κ2) is 10.1. The van der Waals surface area contributed by atoms with Crippen LogP contribution in [0.1, 0.15) is 24.3 Å². The molecule has 132 valence electrons. The number of rotatable bonds is 6. The molecule has 2 N–H and O–H groups in total.